The number of hydrogen-bond acceptors (Lipinski definition) is 7. The summed E-state index contributed by atoms with van der Waals surface area (Å²) in [5.41, 5.74) is 2.54. The lowest BCUT2D eigenvalue weighted by molar-refractivity contribution is 0.405. The van der Waals surface area contributed by atoms with E-state index >= 15 is 0 Å². The van der Waals surface area contributed by atoms with Crippen molar-refractivity contribution in [2.24, 2.45) is 0 Å². The zero-order valence-electron chi connectivity index (χ0n) is 16.0. The van der Waals surface area contributed by atoms with E-state index in [1.54, 1.807) is 0 Å². The van der Waals surface area contributed by atoms with Crippen LogP contribution < -0.4 is 10.6 Å². The molecule has 0 saturated heterocycles. The summed E-state index contributed by atoms with van der Waals surface area (Å²) in [7, 11) is 4.13. The van der Waals surface area contributed by atoms with Crippen molar-refractivity contribution in [2.75, 3.05) is 37.8 Å². The summed E-state index contributed by atoms with van der Waals surface area (Å²) in [6.45, 7) is 5.74. The molecule has 0 aliphatic carbocycles. The van der Waals surface area contributed by atoms with Gasteiger partial charge in [-0.1, -0.05) is 11.6 Å². The molecule has 3 rings (SSSR count). The predicted molar refractivity (Wildman–Crippen MR) is 111 cm³/mol. The van der Waals surface area contributed by atoms with Crippen LogP contribution in [-0.4, -0.2) is 52.0 Å². The van der Waals surface area contributed by atoms with Crippen LogP contribution in [0.4, 0.5) is 17.7 Å². The van der Waals surface area contributed by atoms with Crippen molar-refractivity contribution in [3.05, 3.63) is 40.7 Å². The third kappa shape index (κ3) is 5.24. The summed E-state index contributed by atoms with van der Waals surface area (Å²) < 4.78 is 0. The Morgan fingerprint density at radius 2 is 1.78 bits per heavy atom. The van der Waals surface area contributed by atoms with E-state index in [4.69, 9.17) is 11.6 Å². The number of anilines is 3. The van der Waals surface area contributed by atoms with Crippen LogP contribution in [0, 0.1) is 13.8 Å². The Hall–Kier alpha value is -2.51. The van der Waals surface area contributed by atoms with Crippen LogP contribution in [0.2, 0.25) is 5.02 Å². The Morgan fingerprint density at radius 1 is 1.00 bits per heavy atom. The summed E-state index contributed by atoms with van der Waals surface area (Å²) in [5.74, 6) is 1.72. The molecule has 0 aliphatic heterocycles. The molecule has 0 amide bonds. The second-order valence-electron chi connectivity index (χ2n) is 6.72. The van der Waals surface area contributed by atoms with Crippen LogP contribution in [-0.2, 0) is 0 Å². The fraction of sp³-hybridized carbons (Fsp3) is 0.368. The Morgan fingerprint density at radius 3 is 2.56 bits per heavy atom. The average Bonchev–Trinajstić information content (AvgIpc) is 2.59. The van der Waals surface area contributed by atoms with E-state index in [0.29, 0.717) is 16.9 Å². The molecule has 0 bridgehead atoms. The van der Waals surface area contributed by atoms with Gasteiger partial charge < -0.3 is 10.2 Å². The Balaban J connectivity index is 1.77. The van der Waals surface area contributed by atoms with Gasteiger partial charge in [0.1, 0.15) is 5.82 Å². The van der Waals surface area contributed by atoms with Crippen LogP contribution in [0.15, 0.2) is 24.3 Å². The van der Waals surface area contributed by atoms with Crippen LogP contribution in [0.25, 0.3) is 10.9 Å². The first-order chi connectivity index (χ1) is 12.9. The molecule has 142 valence electrons. The van der Waals surface area contributed by atoms with Crippen LogP contribution in [0.5, 0.6) is 0 Å². The molecule has 0 unspecified atom stereocenters. The van der Waals surface area contributed by atoms with Gasteiger partial charge in [-0.05, 0) is 59.1 Å². The highest BCUT2D eigenvalue weighted by atomic mass is 35.5. The number of rotatable bonds is 7. The van der Waals surface area contributed by atoms with Gasteiger partial charge in [-0.25, -0.2) is 15.0 Å². The van der Waals surface area contributed by atoms with Gasteiger partial charge in [-0.3, -0.25) is 5.32 Å². The molecule has 7 nitrogen and oxygen atoms in total. The van der Waals surface area contributed by atoms with Gasteiger partial charge in [0, 0.05) is 28.7 Å². The first kappa shape index (κ1) is 19.3. The summed E-state index contributed by atoms with van der Waals surface area (Å²) in [5, 5.41) is 8.06. The molecule has 0 radical (unpaired) electrons. The summed E-state index contributed by atoms with van der Waals surface area (Å²) in [4.78, 5) is 20.2. The van der Waals surface area contributed by atoms with E-state index in [2.05, 4.69) is 49.6 Å². The third-order valence-corrected chi connectivity index (χ3v) is 4.25. The second-order valence-corrected chi connectivity index (χ2v) is 7.16. The van der Waals surface area contributed by atoms with Gasteiger partial charge in [0.2, 0.25) is 11.9 Å². The molecule has 0 atom stereocenters. The normalized spacial score (nSPS) is 11.2. The number of fused-ring (bicyclic) bond motifs is 1. The fourth-order valence-electron chi connectivity index (χ4n) is 2.74. The number of aromatic nitrogens is 4. The molecule has 1 aromatic carbocycles. The largest absolute Gasteiger partial charge is 0.370 e. The van der Waals surface area contributed by atoms with Crippen molar-refractivity contribution in [2.45, 2.75) is 20.3 Å². The Kier molecular flexibility index (Phi) is 6.03. The van der Waals surface area contributed by atoms with Gasteiger partial charge in [-0.15, -0.1) is 0 Å². The zero-order valence-corrected chi connectivity index (χ0v) is 16.8. The van der Waals surface area contributed by atoms with E-state index in [1.165, 1.54) is 0 Å². The molecular formula is C19H24ClN7. The molecule has 8 heteroatoms. The highest BCUT2D eigenvalue weighted by Gasteiger charge is 2.08. The van der Waals surface area contributed by atoms with Crippen molar-refractivity contribution in [3.8, 4) is 0 Å². The van der Waals surface area contributed by atoms with E-state index in [1.807, 2.05) is 38.1 Å². The molecule has 0 saturated carbocycles. The average molecular weight is 386 g/mol. The topological polar surface area (TPSA) is 78.9 Å². The van der Waals surface area contributed by atoms with Crippen molar-refractivity contribution < 1.29 is 0 Å². The monoisotopic (exact) mass is 385 g/mol. The minimum atomic E-state index is 0.464. The van der Waals surface area contributed by atoms with E-state index < -0.39 is 0 Å². The van der Waals surface area contributed by atoms with Gasteiger partial charge in [0.15, 0.2) is 0 Å². The summed E-state index contributed by atoms with van der Waals surface area (Å²) in [6.07, 6.45) is 1.04. The molecule has 0 aliphatic rings. The smallest absolute Gasteiger partial charge is 0.231 e. The molecular weight excluding hydrogens is 362 g/mol. The quantitative estimate of drug-likeness (QED) is 0.599. The summed E-state index contributed by atoms with van der Waals surface area (Å²) in [6, 6.07) is 7.50. The van der Waals surface area contributed by atoms with E-state index in [0.717, 1.165) is 47.6 Å². The molecule has 27 heavy (non-hydrogen) atoms. The lowest BCUT2D eigenvalue weighted by Gasteiger charge is -2.12. The molecule has 0 fully saturated rings. The number of nitrogens with one attached hydrogen (secondary N) is 2. The van der Waals surface area contributed by atoms with Crippen LogP contribution in [0.3, 0.4) is 0 Å². The SMILES string of the molecule is Cc1cc(NCCCN(C)C)nc(Nc2nc(C)c3cc(Cl)ccc3n2)n1. The van der Waals surface area contributed by atoms with Crippen molar-refractivity contribution in [1.82, 2.24) is 24.8 Å². The minimum Gasteiger partial charge on any atom is -0.370 e. The highest BCUT2D eigenvalue weighted by Crippen LogP contribution is 2.22. The first-order valence-electron chi connectivity index (χ1n) is 8.86. The first-order valence-corrected chi connectivity index (χ1v) is 9.24. The predicted octanol–water partition coefficient (Wildman–Crippen LogP) is 3.80. The number of hydrogen-bond donors (Lipinski definition) is 2. The number of halogens is 1. The highest BCUT2D eigenvalue weighted by molar-refractivity contribution is 6.31. The fourth-order valence-corrected chi connectivity index (χ4v) is 2.91. The number of aryl methyl sites for hydroxylation is 2. The maximum Gasteiger partial charge on any atom is 0.231 e. The number of benzene rings is 1. The zero-order chi connectivity index (χ0) is 19.4. The standard InChI is InChI=1S/C19H24ClN7/c1-12-10-17(21-8-5-9-27(3)4)25-18(22-12)26-19-23-13(2)15-11-14(20)6-7-16(15)24-19/h6-7,10-11H,5,8-9H2,1-4H3,(H2,21,22,23,24,25,26). The molecule has 3 aromatic rings. The van der Waals surface area contributed by atoms with Gasteiger partial charge >= 0.3 is 0 Å². The second kappa shape index (κ2) is 8.45. The summed E-state index contributed by atoms with van der Waals surface area (Å²) >= 11 is 6.06. The van der Waals surface area contributed by atoms with Gasteiger partial charge in [0.05, 0.1) is 11.2 Å². The van der Waals surface area contributed by atoms with Crippen molar-refractivity contribution in [3.63, 3.8) is 0 Å². The molecule has 2 aromatic heterocycles. The maximum atomic E-state index is 6.06. The third-order valence-electron chi connectivity index (χ3n) is 4.01. The van der Waals surface area contributed by atoms with Gasteiger partial charge in [-0.2, -0.15) is 4.98 Å². The van der Waals surface area contributed by atoms with Crippen LogP contribution >= 0.6 is 11.6 Å². The number of nitrogens with zero attached hydrogens (tertiary/aromatic N) is 5. The minimum absolute atomic E-state index is 0.464. The van der Waals surface area contributed by atoms with Crippen molar-refractivity contribution >= 4 is 40.2 Å². The van der Waals surface area contributed by atoms with Gasteiger partial charge in [0.25, 0.3) is 0 Å². The molecule has 2 heterocycles. The molecule has 2 N–H and O–H groups in total. The van der Waals surface area contributed by atoms with Crippen molar-refractivity contribution in [1.29, 1.82) is 0 Å². The lowest BCUT2D eigenvalue weighted by Crippen LogP contribution is -2.17. The lowest BCUT2D eigenvalue weighted by atomic mass is 10.2. The van der Waals surface area contributed by atoms with Crippen LogP contribution in [0.1, 0.15) is 17.8 Å². The van der Waals surface area contributed by atoms with E-state index in [-0.39, 0.29) is 0 Å². The maximum absolute atomic E-state index is 6.06. The van der Waals surface area contributed by atoms with E-state index in [9.17, 15) is 0 Å². The molecule has 0 spiro atoms. The Bertz CT molecular complexity index is 943. The Labute approximate surface area is 164 Å².